The molecule has 0 fully saturated rings. The summed E-state index contributed by atoms with van der Waals surface area (Å²) in [6.07, 6.45) is 8.89. The van der Waals surface area contributed by atoms with Gasteiger partial charge in [0, 0.05) is 18.3 Å². The average Bonchev–Trinajstić information content (AvgIpc) is 2.67. The number of aromatic nitrogens is 1. The second kappa shape index (κ2) is 10.8. The summed E-state index contributed by atoms with van der Waals surface area (Å²) in [7, 11) is -3.68. The fourth-order valence-electron chi connectivity index (χ4n) is 3.07. The molecule has 0 aliphatic rings. The normalized spacial score (nSPS) is 12.4. The minimum atomic E-state index is -3.68. The van der Waals surface area contributed by atoms with Crippen LogP contribution in [0.1, 0.15) is 49.1 Å². The number of nitrogens with one attached hydrogen (secondary N) is 1. The SMILES string of the molecule is CS(=O)(=O)NC(=O)N(O)CCCCCCC(c1ccccc1)c1cccnc1. The highest BCUT2D eigenvalue weighted by atomic mass is 32.2. The Bertz CT molecular complexity index is 790. The van der Waals surface area contributed by atoms with Gasteiger partial charge in [0.15, 0.2) is 0 Å². The van der Waals surface area contributed by atoms with Crippen molar-refractivity contribution in [2.24, 2.45) is 0 Å². The van der Waals surface area contributed by atoms with E-state index in [1.165, 1.54) is 11.1 Å². The molecule has 2 rings (SSSR count). The average molecular weight is 406 g/mol. The fourth-order valence-corrected chi connectivity index (χ4v) is 3.49. The summed E-state index contributed by atoms with van der Waals surface area (Å²) in [6.45, 7) is 0.0894. The first-order valence-electron chi connectivity index (χ1n) is 9.30. The zero-order valence-corrected chi connectivity index (χ0v) is 16.8. The highest BCUT2D eigenvalue weighted by molar-refractivity contribution is 7.89. The van der Waals surface area contributed by atoms with Gasteiger partial charge in [-0.25, -0.2) is 23.0 Å². The molecule has 1 atom stereocenters. The third-order valence-electron chi connectivity index (χ3n) is 4.41. The van der Waals surface area contributed by atoms with Gasteiger partial charge in [-0.1, -0.05) is 55.7 Å². The second-order valence-electron chi connectivity index (χ2n) is 6.76. The molecule has 0 bridgehead atoms. The van der Waals surface area contributed by atoms with E-state index in [1.807, 2.05) is 30.5 Å². The van der Waals surface area contributed by atoms with Crippen LogP contribution in [0.5, 0.6) is 0 Å². The van der Waals surface area contributed by atoms with Crippen LogP contribution in [0.15, 0.2) is 54.9 Å². The number of hydrogen-bond acceptors (Lipinski definition) is 5. The van der Waals surface area contributed by atoms with E-state index in [0.717, 1.165) is 31.9 Å². The Morgan fingerprint density at radius 3 is 2.39 bits per heavy atom. The number of urea groups is 1. The minimum Gasteiger partial charge on any atom is -0.284 e. The molecule has 0 spiro atoms. The predicted octanol–water partition coefficient (Wildman–Crippen LogP) is 3.52. The van der Waals surface area contributed by atoms with Crippen LogP contribution < -0.4 is 4.72 Å². The number of hydroxylamine groups is 2. The monoisotopic (exact) mass is 405 g/mol. The van der Waals surface area contributed by atoms with Crippen molar-refractivity contribution in [3.8, 4) is 0 Å². The molecule has 1 unspecified atom stereocenters. The van der Waals surface area contributed by atoms with Gasteiger partial charge in [0.25, 0.3) is 0 Å². The molecule has 0 aliphatic carbocycles. The van der Waals surface area contributed by atoms with Gasteiger partial charge >= 0.3 is 6.03 Å². The molecule has 1 aromatic heterocycles. The fraction of sp³-hybridized carbons (Fsp3) is 0.400. The van der Waals surface area contributed by atoms with E-state index in [9.17, 15) is 18.4 Å². The quantitative estimate of drug-likeness (QED) is 0.358. The highest BCUT2D eigenvalue weighted by Crippen LogP contribution is 2.29. The lowest BCUT2D eigenvalue weighted by Gasteiger charge is -2.18. The summed E-state index contributed by atoms with van der Waals surface area (Å²) >= 11 is 0. The lowest BCUT2D eigenvalue weighted by atomic mass is 9.87. The maximum absolute atomic E-state index is 11.5. The van der Waals surface area contributed by atoms with Crippen molar-refractivity contribution in [2.75, 3.05) is 12.8 Å². The number of benzene rings is 1. The van der Waals surface area contributed by atoms with Gasteiger partial charge in [-0.3, -0.25) is 10.2 Å². The smallest absolute Gasteiger partial charge is 0.284 e. The molecule has 28 heavy (non-hydrogen) atoms. The molecule has 8 heteroatoms. The number of rotatable bonds is 10. The van der Waals surface area contributed by atoms with E-state index in [1.54, 1.807) is 10.9 Å². The second-order valence-corrected chi connectivity index (χ2v) is 8.50. The van der Waals surface area contributed by atoms with Crippen molar-refractivity contribution < 1.29 is 18.4 Å². The Hall–Kier alpha value is -2.45. The number of carbonyl (C=O) groups is 1. The third kappa shape index (κ3) is 7.66. The molecule has 0 saturated carbocycles. The molecular formula is C20H27N3O4S. The number of hydrogen-bond donors (Lipinski definition) is 2. The van der Waals surface area contributed by atoms with Crippen LogP contribution >= 0.6 is 0 Å². The van der Waals surface area contributed by atoms with Gasteiger partial charge < -0.3 is 0 Å². The van der Waals surface area contributed by atoms with E-state index in [2.05, 4.69) is 23.2 Å². The van der Waals surface area contributed by atoms with Crippen molar-refractivity contribution in [3.63, 3.8) is 0 Å². The van der Waals surface area contributed by atoms with Crippen LogP contribution in [-0.4, -0.2) is 42.5 Å². The first-order valence-corrected chi connectivity index (χ1v) is 11.2. The maximum atomic E-state index is 11.5. The van der Waals surface area contributed by atoms with Crippen LogP contribution in [0.4, 0.5) is 4.79 Å². The van der Waals surface area contributed by atoms with Crippen LogP contribution in [-0.2, 0) is 10.0 Å². The van der Waals surface area contributed by atoms with Crippen molar-refractivity contribution in [3.05, 3.63) is 66.0 Å². The Balaban J connectivity index is 1.77. The molecule has 0 aliphatic heterocycles. The summed E-state index contributed by atoms with van der Waals surface area (Å²) in [5.74, 6) is 0.282. The molecule has 0 radical (unpaired) electrons. The zero-order chi connectivity index (χ0) is 20.4. The largest absolute Gasteiger partial charge is 0.354 e. The first kappa shape index (κ1) is 21.8. The number of nitrogens with zero attached hydrogens (tertiary/aromatic N) is 2. The molecule has 0 saturated heterocycles. The number of carbonyl (C=O) groups excluding carboxylic acids is 1. The van der Waals surface area contributed by atoms with E-state index >= 15 is 0 Å². The number of sulfonamides is 1. The predicted molar refractivity (Wildman–Crippen MR) is 107 cm³/mol. The van der Waals surface area contributed by atoms with E-state index < -0.39 is 16.1 Å². The molecular weight excluding hydrogens is 378 g/mol. The lowest BCUT2D eigenvalue weighted by Crippen LogP contribution is -2.40. The Kier molecular flexibility index (Phi) is 8.41. The Morgan fingerprint density at radius 1 is 1.07 bits per heavy atom. The van der Waals surface area contributed by atoms with Gasteiger partial charge in [-0.05, 0) is 30.0 Å². The van der Waals surface area contributed by atoms with Gasteiger partial charge in [-0.2, -0.15) is 0 Å². The number of pyridine rings is 1. The van der Waals surface area contributed by atoms with Gasteiger partial charge in [0.2, 0.25) is 10.0 Å². The van der Waals surface area contributed by atoms with Crippen molar-refractivity contribution in [2.45, 2.75) is 38.0 Å². The molecule has 2 aromatic rings. The maximum Gasteiger partial charge on any atom is 0.354 e. The number of unbranched alkanes of at least 4 members (excludes halogenated alkanes) is 3. The molecule has 1 aromatic carbocycles. The molecule has 2 N–H and O–H groups in total. The topological polar surface area (TPSA) is 99.6 Å². The minimum absolute atomic E-state index is 0.0894. The Morgan fingerprint density at radius 2 is 1.75 bits per heavy atom. The Labute approximate surface area is 166 Å². The van der Waals surface area contributed by atoms with Crippen LogP contribution in [0.3, 0.4) is 0 Å². The van der Waals surface area contributed by atoms with E-state index in [0.29, 0.717) is 11.5 Å². The van der Waals surface area contributed by atoms with Crippen molar-refractivity contribution >= 4 is 16.1 Å². The molecule has 2 amide bonds. The summed E-state index contributed by atoms with van der Waals surface area (Å²) in [5.41, 5.74) is 2.45. The van der Waals surface area contributed by atoms with Crippen LogP contribution in [0.2, 0.25) is 0 Å². The van der Waals surface area contributed by atoms with Crippen LogP contribution in [0.25, 0.3) is 0 Å². The molecule has 152 valence electrons. The molecule has 7 nitrogen and oxygen atoms in total. The van der Waals surface area contributed by atoms with E-state index in [4.69, 9.17) is 0 Å². The molecule has 1 heterocycles. The summed E-state index contributed by atoms with van der Waals surface area (Å²) < 4.78 is 23.7. The van der Waals surface area contributed by atoms with Gasteiger partial charge in [0.05, 0.1) is 12.8 Å². The number of amides is 2. The highest BCUT2D eigenvalue weighted by Gasteiger charge is 2.15. The van der Waals surface area contributed by atoms with Crippen LogP contribution in [0, 0.1) is 0 Å². The standard InChI is InChI=1S/C20H27N3O4S/c1-28(26,27)22-20(24)23(25)15-8-3-2-7-13-19(17-10-5-4-6-11-17)18-12-9-14-21-16-18/h4-6,9-12,14,16,19,25H,2-3,7-8,13,15H2,1H3,(H,22,24). The third-order valence-corrected chi connectivity index (χ3v) is 4.95. The summed E-state index contributed by atoms with van der Waals surface area (Å²) in [5, 5.41) is 9.98. The summed E-state index contributed by atoms with van der Waals surface area (Å²) in [6, 6.07) is 13.3. The summed E-state index contributed by atoms with van der Waals surface area (Å²) in [4.78, 5) is 15.7. The zero-order valence-electron chi connectivity index (χ0n) is 16.0. The lowest BCUT2D eigenvalue weighted by molar-refractivity contribution is -0.0419. The van der Waals surface area contributed by atoms with Crippen molar-refractivity contribution in [1.82, 2.24) is 14.8 Å². The van der Waals surface area contributed by atoms with Gasteiger partial charge in [-0.15, -0.1) is 0 Å². The van der Waals surface area contributed by atoms with E-state index in [-0.39, 0.29) is 12.5 Å². The van der Waals surface area contributed by atoms with Crippen molar-refractivity contribution in [1.29, 1.82) is 0 Å². The first-order chi connectivity index (χ1) is 13.4. The van der Waals surface area contributed by atoms with Gasteiger partial charge in [0.1, 0.15) is 0 Å².